The molecule has 0 unspecified atom stereocenters. The summed E-state index contributed by atoms with van der Waals surface area (Å²) in [6.45, 7) is 0.633. The zero-order chi connectivity index (χ0) is 16.2. The van der Waals surface area contributed by atoms with Crippen molar-refractivity contribution < 1.29 is 9.53 Å². The van der Waals surface area contributed by atoms with Crippen molar-refractivity contribution in [2.24, 2.45) is 0 Å². The van der Waals surface area contributed by atoms with Gasteiger partial charge in [0.1, 0.15) is 6.10 Å². The van der Waals surface area contributed by atoms with E-state index < -0.39 is 0 Å². The van der Waals surface area contributed by atoms with Gasteiger partial charge in [0.25, 0.3) is 5.91 Å². The first-order valence-electron chi connectivity index (χ1n) is 6.95. The first kappa shape index (κ1) is 17.0. The summed E-state index contributed by atoms with van der Waals surface area (Å²) in [5.74, 6) is 0.427. The van der Waals surface area contributed by atoms with Crippen LogP contribution in [0.4, 0.5) is 5.13 Å². The SMILES string of the molecule is O=C(Nc1nnc(SCc2c(Cl)cccc2Cl)s1)[C@H]1CCCO1. The van der Waals surface area contributed by atoms with Crippen LogP contribution in [0.25, 0.3) is 0 Å². The Hall–Kier alpha value is -0.860. The topological polar surface area (TPSA) is 64.1 Å². The molecule has 0 bridgehead atoms. The quantitative estimate of drug-likeness (QED) is 0.611. The third-order valence-corrected chi connectivity index (χ3v) is 5.97. The van der Waals surface area contributed by atoms with E-state index in [4.69, 9.17) is 27.9 Å². The number of nitrogens with one attached hydrogen (secondary N) is 1. The lowest BCUT2D eigenvalue weighted by Gasteiger charge is -2.07. The number of carbonyl (C=O) groups is 1. The largest absolute Gasteiger partial charge is 0.368 e. The predicted molar refractivity (Wildman–Crippen MR) is 93.5 cm³/mol. The standard InChI is InChI=1S/C14H13Cl2N3O2S2/c15-9-3-1-4-10(16)8(9)7-22-14-19-18-13(23-14)17-12(20)11-5-2-6-21-11/h1,3-4,11H,2,5-7H2,(H,17,18,20)/t11-/m1/s1. The maximum atomic E-state index is 12.0. The summed E-state index contributed by atoms with van der Waals surface area (Å²) in [6, 6.07) is 5.41. The van der Waals surface area contributed by atoms with E-state index in [1.54, 1.807) is 12.1 Å². The molecule has 1 atom stereocenters. The number of benzene rings is 1. The van der Waals surface area contributed by atoms with Crippen molar-refractivity contribution >= 4 is 57.3 Å². The average molecular weight is 390 g/mol. The second-order valence-corrected chi connectivity index (χ2v) is 7.87. The molecule has 3 rings (SSSR count). The monoisotopic (exact) mass is 389 g/mol. The second kappa shape index (κ2) is 7.81. The van der Waals surface area contributed by atoms with Crippen LogP contribution in [0.1, 0.15) is 18.4 Å². The van der Waals surface area contributed by atoms with Gasteiger partial charge in [0.2, 0.25) is 5.13 Å². The Morgan fingerprint density at radius 2 is 2.17 bits per heavy atom. The van der Waals surface area contributed by atoms with Crippen molar-refractivity contribution in [3.63, 3.8) is 0 Å². The van der Waals surface area contributed by atoms with Crippen LogP contribution >= 0.6 is 46.3 Å². The van der Waals surface area contributed by atoms with E-state index in [0.29, 0.717) is 27.5 Å². The van der Waals surface area contributed by atoms with Crippen molar-refractivity contribution in [2.45, 2.75) is 29.0 Å². The predicted octanol–water partition coefficient (Wildman–Crippen LogP) is 4.25. The Morgan fingerprint density at radius 3 is 2.87 bits per heavy atom. The van der Waals surface area contributed by atoms with Crippen molar-refractivity contribution in [1.29, 1.82) is 0 Å². The molecule has 23 heavy (non-hydrogen) atoms. The Balaban J connectivity index is 1.58. The van der Waals surface area contributed by atoms with Crippen LogP contribution in [0.3, 0.4) is 0 Å². The zero-order valence-electron chi connectivity index (χ0n) is 11.9. The number of amides is 1. The number of hydrogen-bond donors (Lipinski definition) is 1. The molecule has 1 fully saturated rings. The maximum Gasteiger partial charge on any atom is 0.255 e. The molecule has 1 aromatic heterocycles. The summed E-state index contributed by atoms with van der Waals surface area (Å²) in [5.41, 5.74) is 0.862. The number of ether oxygens (including phenoxy) is 1. The normalized spacial score (nSPS) is 17.4. The summed E-state index contributed by atoms with van der Waals surface area (Å²) in [6.07, 6.45) is 1.28. The van der Waals surface area contributed by atoms with Gasteiger partial charge in [0.05, 0.1) is 0 Å². The third kappa shape index (κ3) is 4.36. The Bertz CT molecular complexity index is 685. The highest BCUT2D eigenvalue weighted by atomic mass is 35.5. The van der Waals surface area contributed by atoms with Gasteiger partial charge in [-0.3, -0.25) is 10.1 Å². The van der Waals surface area contributed by atoms with Crippen molar-refractivity contribution in [3.05, 3.63) is 33.8 Å². The van der Waals surface area contributed by atoms with Crippen molar-refractivity contribution in [3.8, 4) is 0 Å². The molecule has 1 aliphatic heterocycles. The van der Waals surface area contributed by atoms with Crippen LogP contribution in [-0.4, -0.2) is 28.8 Å². The fraction of sp³-hybridized carbons (Fsp3) is 0.357. The maximum absolute atomic E-state index is 12.0. The molecule has 0 aliphatic carbocycles. The fourth-order valence-electron chi connectivity index (χ4n) is 2.09. The van der Waals surface area contributed by atoms with Crippen LogP contribution in [0.2, 0.25) is 10.0 Å². The Morgan fingerprint density at radius 1 is 1.39 bits per heavy atom. The summed E-state index contributed by atoms with van der Waals surface area (Å²) < 4.78 is 6.07. The third-order valence-electron chi connectivity index (χ3n) is 3.26. The van der Waals surface area contributed by atoms with Crippen molar-refractivity contribution in [2.75, 3.05) is 11.9 Å². The van der Waals surface area contributed by atoms with Crippen LogP contribution in [0, 0.1) is 0 Å². The van der Waals surface area contributed by atoms with Crippen molar-refractivity contribution in [1.82, 2.24) is 10.2 Å². The first-order chi connectivity index (χ1) is 11.1. The van der Waals surface area contributed by atoms with Gasteiger partial charge in [-0.2, -0.15) is 0 Å². The van der Waals surface area contributed by atoms with E-state index in [1.807, 2.05) is 6.07 Å². The van der Waals surface area contributed by atoms with Gasteiger partial charge in [-0.1, -0.05) is 52.4 Å². The molecule has 5 nitrogen and oxygen atoms in total. The summed E-state index contributed by atoms with van der Waals surface area (Å²) in [7, 11) is 0. The number of nitrogens with zero attached hydrogens (tertiary/aromatic N) is 2. The van der Waals surface area contributed by atoms with Crippen LogP contribution in [0.15, 0.2) is 22.5 Å². The van der Waals surface area contributed by atoms with Crippen LogP contribution in [0.5, 0.6) is 0 Å². The van der Waals surface area contributed by atoms with E-state index in [9.17, 15) is 4.79 Å². The van der Waals surface area contributed by atoms with Crippen LogP contribution in [-0.2, 0) is 15.3 Å². The number of aromatic nitrogens is 2. The first-order valence-corrected chi connectivity index (χ1v) is 9.51. The van der Waals surface area contributed by atoms with Gasteiger partial charge < -0.3 is 4.74 Å². The van der Waals surface area contributed by atoms with E-state index in [-0.39, 0.29) is 12.0 Å². The highest BCUT2D eigenvalue weighted by Crippen LogP contribution is 2.33. The number of carbonyl (C=O) groups excluding carboxylic acids is 1. The Kier molecular flexibility index (Phi) is 5.76. The van der Waals surface area contributed by atoms with E-state index in [2.05, 4.69) is 15.5 Å². The lowest BCUT2D eigenvalue weighted by molar-refractivity contribution is -0.124. The molecular formula is C14H13Cl2N3O2S2. The fourth-order valence-corrected chi connectivity index (χ4v) is 4.59. The molecule has 1 amide bonds. The molecular weight excluding hydrogens is 377 g/mol. The van der Waals surface area contributed by atoms with E-state index in [1.165, 1.54) is 23.1 Å². The summed E-state index contributed by atoms with van der Waals surface area (Å²) in [5, 5.41) is 12.5. The Labute approximate surface area is 151 Å². The van der Waals surface area contributed by atoms with Crippen LogP contribution < -0.4 is 5.32 Å². The number of anilines is 1. The van der Waals surface area contributed by atoms with E-state index in [0.717, 1.165) is 22.7 Å². The lowest BCUT2D eigenvalue weighted by atomic mass is 10.2. The number of hydrogen-bond acceptors (Lipinski definition) is 6. The molecule has 9 heteroatoms. The van der Waals surface area contributed by atoms with Gasteiger partial charge in [-0.25, -0.2) is 0 Å². The number of rotatable bonds is 5. The molecule has 0 saturated carbocycles. The average Bonchev–Trinajstić information content (AvgIpc) is 3.18. The van der Waals surface area contributed by atoms with Gasteiger partial charge in [-0.15, -0.1) is 10.2 Å². The van der Waals surface area contributed by atoms with Gasteiger partial charge in [0, 0.05) is 22.4 Å². The highest BCUT2D eigenvalue weighted by molar-refractivity contribution is 8.00. The minimum Gasteiger partial charge on any atom is -0.368 e. The van der Waals surface area contributed by atoms with Gasteiger partial charge in [0.15, 0.2) is 4.34 Å². The minimum atomic E-state index is -0.378. The van der Waals surface area contributed by atoms with Gasteiger partial charge in [-0.05, 0) is 30.5 Å². The lowest BCUT2D eigenvalue weighted by Crippen LogP contribution is -2.26. The molecule has 122 valence electrons. The summed E-state index contributed by atoms with van der Waals surface area (Å²) >= 11 is 15.1. The molecule has 1 aromatic carbocycles. The summed E-state index contributed by atoms with van der Waals surface area (Å²) in [4.78, 5) is 12.0. The molecule has 1 aliphatic rings. The van der Waals surface area contributed by atoms with Gasteiger partial charge >= 0.3 is 0 Å². The second-order valence-electron chi connectivity index (χ2n) is 4.85. The molecule has 0 spiro atoms. The number of halogens is 2. The molecule has 1 saturated heterocycles. The van der Waals surface area contributed by atoms with E-state index >= 15 is 0 Å². The highest BCUT2D eigenvalue weighted by Gasteiger charge is 2.24. The smallest absolute Gasteiger partial charge is 0.255 e. The molecule has 0 radical (unpaired) electrons. The molecule has 2 aromatic rings. The molecule has 1 N–H and O–H groups in total. The zero-order valence-corrected chi connectivity index (χ0v) is 15.1. The molecule has 2 heterocycles. The number of thioether (sulfide) groups is 1. The minimum absolute atomic E-state index is 0.163.